The lowest BCUT2D eigenvalue weighted by Gasteiger charge is -2.31. The molecule has 0 radical (unpaired) electrons. The number of halogens is 4. The van der Waals surface area contributed by atoms with Crippen LogP contribution >= 0.6 is 0 Å². The highest BCUT2D eigenvalue weighted by Crippen LogP contribution is 2.48. The molecule has 0 fully saturated rings. The molecule has 0 atom stereocenters. The number of hydrogen-bond acceptors (Lipinski definition) is 0. The summed E-state index contributed by atoms with van der Waals surface area (Å²) >= 11 is 0. The maximum absolute atomic E-state index is 14.0. The molecule has 0 aliphatic heterocycles. The zero-order valence-corrected chi connectivity index (χ0v) is 13.3. The molecule has 124 valence electrons. The van der Waals surface area contributed by atoms with E-state index in [1.807, 2.05) is 31.2 Å². The van der Waals surface area contributed by atoms with Crippen LogP contribution in [0.3, 0.4) is 0 Å². The minimum Gasteiger partial charge on any atom is -0.194 e. The van der Waals surface area contributed by atoms with Gasteiger partial charge in [0.25, 0.3) is 0 Å². The fraction of sp³-hybridized carbons (Fsp3) is 0.368. The van der Waals surface area contributed by atoms with E-state index in [-0.39, 0.29) is 6.42 Å². The first-order valence-corrected chi connectivity index (χ1v) is 7.68. The molecule has 0 bridgehead atoms. The number of benzene rings is 1. The van der Waals surface area contributed by atoms with E-state index in [0.29, 0.717) is 12.8 Å². The molecule has 1 aliphatic rings. The van der Waals surface area contributed by atoms with Crippen LogP contribution in [0, 0.1) is 6.92 Å². The predicted molar refractivity (Wildman–Crippen MR) is 85.0 cm³/mol. The van der Waals surface area contributed by atoms with Gasteiger partial charge in [0, 0.05) is 11.1 Å². The predicted octanol–water partition coefficient (Wildman–Crippen LogP) is 6.03. The van der Waals surface area contributed by atoms with Crippen molar-refractivity contribution in [2.45, 2.75) is 45.0 Å². The summed E-state index contributed by atoms with van der Waals surface area (Å²) in [6, 6.07) is 7.91. The van der Waals surface area contributed by atoms with E-state index in [0.717, 1.165) is 29.4 Å². The number of alkyl halides is 4. The molecule has 0 saturated heterocycles. The monoisotopic (exact) mass is 324 g/mol. The van der Waals surface area contributed by atoms with Gasteiger partial charge in [-0.2, -0.15) is 17.6 Å². The lowest BCUT2D eigenvalue weighted by Crippen LogP contribution is -2.44. The third-order valence-electron chi connectivity index (χ3n) is 4.02. The summed E-state index contributed by atoms with van der Waals surface area (Å²) in [5.74, 6) is -8.28. The summed E-state index contributed by atoms with van der Waals surface area (Å²) in [6.07, 6.45) is 5.96. The fourth-order valence-electron chi connectivity index (χ4n) is 2.50. The van der Waals surface area contributed by atoms with Gasteiger partial charge in [0.05, 0.1) is 0 Å². The zero-order chi connectivity index (χ0) is 17.1. The summed E-state index contributed by atoms with van der Waals surface area (Å²) < 4.78 is 55.6. The Morgan fingerprint density at radius 1 is 0.957 bits per heavy atom. The maximum Gasteiger partial charge on any atom is 0.339 e. The molecule has 0 nitrogen and oxygen atoms in total. The van der Waals surface area contributed by atoms with E-state index in [1.54, 1.807) is 0 Å². The first kappa shape index (κ1) is 17.5. The lowest BCUT2D eigenvalue weighted by atomic mass is 9.88. The average Bonchev–Trinajstić information content (AvgIpc) is 2.50. The zero-order valence-electron chi connectivity index (χ0n) is 13.3. The number of aryl methyl sites for hydroxylation is 2. The second-order valence-corrected chi connectivity index (χ2v) is 5.74. The van der Waals surface area contributed by atoms with Gasteiger partial charge in [-0.15, -0.1) is 0 Å². The summed E-state index contributed by atoms with van der Waals surface area (Å²) in [4.78, 5) is 0. The Labute approximate surface area is 134 Å². The van der Waals surface area contributed by atoms with E-state index in [1.165, 1.54) is 13.0 Å². The molecule has 23 heavy (non-hydrogen) atoms. The molecular weight excluding hydrogens is 304 g/mol. The maximum atomic E-state index is 14.0. The van der Waals surface area contributed by atoms with Crippen LogP contribution in [0.1, 0.15) is 30.9 Å². The van der Waals surface area contributed by atoms with Crippen molar-refractivity contribution in [2.24, 2.45) is 0 Å². The number of rotatable bonds is 5. The second-order valence-electron chi connectivity index (χ2n) is 5.74. The van der Waals surface area contributed by atoms with Crippen molar-refractivity contribution in [3.63, 3.8) is 0 Å². The largest absolute Gasteiger partial charge is 0.339 e. The molecule has 0 aromatic heterocycles. The smallest absolute Gasteiger partial charge is 0.194 e. The second kappa shape index (κ2) is 6.73. The molecule has 1 aliphatic carbocycles. The van der Waals surface area contributed by atoms with Gasteiger partial charge in [0.2, 0.25) is 0 Å². The minimum absolute atomic E-state index is 0.0937. The summed E-state index contributed by atoms with van der Waals surface area (Å²) in [6.45, 7) is 3.44. The van der Waals surface area contributed by atoms with Crippen molar-refractivity contribution in [1.29, 1.82) is 0 Å². The van der Waals surface area contributed by atoms with E-state index < -0.39 is 23.0 Å². The van der Waals surface area contributed by atoms with Gasteiger partial charge in [0.15, 0.2) is 0 Å². The molecule has 0 amide bonds. The Kier molecular flexibility index (Phi) is 5.12. The van der Waals surface area contributed by atoms with Crippen LogP contribution in [0.15, 0.2) is 59.7 Å². The summed E-state index contributed by atoms with van der Waals surface area (Å²) in [5.41, 5.74) is 1.07. The SMILES string of the molecule is CCC1=CC=C(/C=C/CCc2ccc(C)cc2)C(F)(F)C1(F)F. The van der Waals surface area contributed by atoms with Gasteiger partial charge in [0.1, 0.15) is 0 Å². The van der Waals surface area contributed by atoms with Crippen molar-refractivity contribution < 1.29 is 17.6 Å². The first-order chi connectivity index (χ1) is 10.8. The van der Waals surface area contributed by atoms with E-state index in [9.17, 15) is 17.6 Å². The molecule has 0 spiro atoms. The normalized spacial score (nSPS) is 19.6. The number of hydrogen-bond donors (Lipinski definition) is 0. The molecular formula is C19H20F4. The Bertz CT molecular complexity index is 634. The first-order valence-electron chi connectivity index (χ1n) is 7.68. The molecule has 4 heteroatoms. The third-order valence-corrected chi connectivity index (χ3v) is 4.02. The Morgan fingerprint density at radius 2 is 1.61 bits per heavy atom. The van der Waals surface area contributed by atoms with Crippen LogP contribution in [0.5, 0.6) is 0 Å². The van der Waals surface area contributed by atoms with Crippen LogP contribution in [-0.4, -0.2) is 11.8 Å². The highest BCUT2D eigenvalue weighted by atomic mass is 19.3. The van der Waals surface area contributed by atoms with Gasteiger partial charge >= 0.3 is 11.8 Å². The molecule has 0 N–H and O–H groups in total. The molecule has 0 saturated carbocycles. The summed E-state index contributed by atoms with van der Waals surface area (Å²) in [7, 11) is 0. The van der Waals surface area contributed by atoms with Gasteiger partial charge in [-0.05, 0) is 31.7 Å². The summed E-state index contributed by atoms with van der Waals surface area (Å²) in [5, 5.41) is 0. The highest BCUT2D eigenvalue weighted by Gasteiger charge is 2.60. The van der Waals surface area contributed by atoms with Crippen molar-refractivity contribution in [1.82, 2.24) is 0 Å². The van der Waals surface area contributed by atoms with Crippen LogP contribution in [0.25, 0.3) is 0 Å². The van der Waals surface area contributed by atoms with E-state index in [4.69, 9.17) is 0 Å². The molecule has 1 aromatic rings. The van der Waals surface area contributed by atoms with Crippen molar-refractivity contribution in [3.05, 3.63) is 70.8 Å². The third kappa shape index (κ3) is 3.57. The van der Waals surface area contributed by atoms with Crippen molar-refractivity contribution >= 4 is 0 Å². The van der Waals surface area contributed by atoms with Gasteiger partial charge in [-0.25, -0.2) is 0 Å². The van der Waals surface area contributed by atoms with Crippen LogP contribution < -0.4 is 0 Å². The van der Waals surface area contributed by atoms with Gasteiger partial charge < -0.3 is 0 Å². The van der Waals surface area contributed by atoms with Gasteiger partial charge in [-0.3, -0.25) is 0 Å². The molecule has 0 heterocycles. The molecule has 0 unspecified atom stereocenters. The average molecular weight is 324 g/mol. The van der Waals surface area contributed by atoms with Crippen LogP contribution in [0.4, 0.5) is 17.6 Å². The Balaban J connectivity index is 2.05. The Morgan fingerprint density at radius 3 is 2.22 bits per heavy atom. The molecule has 2 rings (SSSR count). The lowest BCUT2D eigenvalue weighted by molar-refractivity contribution is -0.162. The fourth-order valence-corrected chi connectivity index (χ4v) is 2.50. The van der Waals surface area contributed by atoms with E-state index >= 15 is 0 Å². The quantitative estimate of drug-likeness (QED) is 0.580. The Hall–Kier alpha value is -1.84. The van der Waals surface area contributed by atoms with Crippen LogP contribution in [0.2, 0.25) is 0 Å². The van der Waals surface area contributed by atoms with Crippen molar-refractivity contribution in [3.8, 4) is 0 Å². The van der Waals surface area contributed by atoms with Crippen LogP contribution in [-0.2, 0) is 6.42 Å². The minimum atomic E-state index is -4.16. The topological polar surface area (TPSA) is 0 Å². The standard InChI is InChI=1S/C19H20F4/c1-3-16-12-13-17(19(22,23)18(16,20)21)7-5-4-6-15-10-8-14(2)9-11-15/h5,7-13H,3-4,6H2,1-2H3/b7-5+. The number of allylic oxidation sites excluding steroid dienone is 6. The van der Waals surface area contributed by atoms with Gasteiger partial charge in [-0.1, -0.05) is 61.1 Å². The highest BCUT2D eigenvalue weighted by molar-refractivity contribution is 5.42. The molecule has 1 aromatic carbocycles. The van der Waals surface area contributed by atoms with Crippen molar-refractivity contribution in [2.75, 3.05) is 0 Å². The van der Waals surface area contributed by atoms with E-state index in [2.05, 4.69) is 0 Å².